The first kappa shape index (κ1) is 11.9. The third kappa shape index (κ3) is 1.99. The summed E-state index contributed by atoms with van der Waals surface area (Å²) < 4.78 is 5.49. The van der Waals surface area contributed by atoms with E-state index in [4.69, 9.17) is 16.3 Å². The third-order valence-corrected chi connectivity index (χ3v) is 4.23. The predicted octanol–water partition coefficient (Wildman–Crippen LogP) is 4.04. The molecule has 1 aliphatic rings. The Morgan fingerprint density at radius 2 is 1.81 bits per heavy atom. The second-order valence-electron chi connectivity index (χ2n) is 4.90. The standard InChI is InChI=1S/C14H19ClO/c1-11(2)14(7-9-16-10-8-14)12-5-3-4-6-13(12)15/h3-6,11H,7-10H2,1-2H3. The van der Waals surface area contributed by atoms with Crippen LogP contribution in [0.4, 0.5) is 0 Å². The maximum absolute atomic E-state index is 6.35. The second kappa shape index (κ2) is 4.77. The molecule has 0 radical (unpaired) electrons. The lowest BCUT2D eigenvalue weighted by Crippen LogP contribution is -2.38. The summed E-state index contributed by atoms with van der Waals surface area (Å²) in [5.74, 6) is 0.594. The van der Waals surface area contributed by atoms with Crippen LogP contribution in [0.5, 0.6) is 0 Å². The number of rotatable bonds is 2. The molecule has 88 valence electrons. The third-order valence-electron chi connectivity index (χ3n) is 3.90. The largest absolute Gasteiger partial charge is 0.381 e. The molecule has 1 fully saturated rings. The van der Waals surface area contributed by atoms with Crippen molar-refractivity contribution >= 4 is 11.6 Å². The molecular formula is C14H19ClO. The first-order chi connectivity index (χ1) is 7.67. The van der Waals surface area contributed by atoms with Gasteiger partial charge in [-0.1, -0.05) is 43.6 Å². The first-order valence-corrected chi connectivity index (χ1v) is 6.37. The van der Waals surface area contributed by atoms with E-state index in [0.717, 1.165) is 31.1 Å². The van der Waals surface area contributed by atoms with Gasteiger partial charge in [-0.15, -0.1) is 0 Å². The van der Waals surface area contributed by atoms with E-state index >= 15 is 0 Å². The molecule has 1 nitrogen and oxygen atoms in total. The average Bonchev–Trinajstić information content (AvgIpc) is 2.30. The fourth-order valence-corrected chi connectivity index (χ4v) is 3.08. The first-order valence-electron chi connectivity index (χ1n) is 5.99. The number of ether oxygens (including phenoxy) is 1. The van der Waals surface area contributed by atoms with Crippen LogP contribution in [0.25, 0.3) is 0 Å². The van der Waals surface area contributed by atoms with Crippen LogP contribution in [0.3, 0.4) is 0 Å². The van der Waals surface area contributed by atoms with E-state index in [0.29, 0.717) is 5.92 Å². The van der Waals surface area contributed by atoms with Crippen LogP contribution in [0.15, 0.2) is 24.3 Å². The Labute approximate surface area is 103 Å². The summed E-state index contributed by atoms with van der Waals surface area (Å²) >= 11 is 6.35. The van der Waals surface area contributed by atoms with Gasteiger partial charge in [0.05, 0.1) is 0 Å². The van der Waals surface area contributed by atoms with Crippen molar-refractivity contribution in [3.8, 4) is 0 Å². The van der Waals surface area contributed by atoms with Crippen LogP contribution in [-0.2, 0) is 10.2 Å². The Morgan fingerprint density at radius 3 is 2.38 bits per heavy atom. The van der Waals surface area contributed by atoms with Gasteiger partial charge in [0, 0.05) is 23.7 Å². The van der Waals surface area contributed by atoms with Gasteiger partial charge in [-0.2, -0.15) is 0 Å². The quantitative estimate of drug-likeness (QED) is 0.756. The Morgan fingerprint density at radius 1 is 1.19 bits per heavy atom. The molecule has 0 spiro atoms. The van der Waals surface area contributed by atoms with E-state index in [9.17, 15) is 0 Å². The minimum absolute atomic E-state index is 0.205. The lowest BCUT2D eigenvalue weighted by atomic mass is 9.66. The molecule has 0 unspecified atom stereocenters. The van der Waals surface area contributed by atoms with Crippen molar-refractivity contribution in [3.63, 3.8) is 0 Å². The van der Waals surface area contributed by atoms with Crippen molar-refractivity contribution in [3.05, 3.63) is 34.9 Å². The normalized spacial score (nSPS) is 20.0. The number of hydrogen-bond donors (Lipinski definition) is 0. The maximum atomic E-state index is 6.35. The second-order valence-corrected chi connectivity index (χ2v) is 5.31. The Kier molecular flexibility index (Phi) is 3.56. The number of halogens is 1. The highest BCUT2D eigenvalue weighted by atomic mass is 35.5. The van der Waals surface area contributed by atoms with E-state index < -0.39 is 0 Å². The molecule has 0 bridgehead atoms. The van der Waals surface area contributed by atoms with Gasteiger partial charge in [-0.3, -0.25) is 0 Å². The summed E-state index contributed by atoms with van der Waals surface area (Å²) in [4.78, 5) is 0. The van der Waals surface area contributed by atoms with E-state index in [-0.39, 0.29) is 5.41 Å². The van der Waals surface area contributed by atoms with Crippen LogP contribution < -0.4 is 0 Å². The molecule has 1 aromatic carbocycles. The molecule has 1 heterocycles. The Hall–Kier alpha value is -0.530. The zero-order chi connectivity index (χ0) is 11.6. The molecule has 0 N–H and O–H groups in total. The fourth-order valence-electron chi connectivity index (χ4n) is 2.76. The summed E-state index contributed by atoms with van der Waals surface area (Å²) in [7, 11) is 0. The van der Waals surface area contributed by atoms with Crippen molar-refractivity contribution in [1.82, 2.24) is 0 Å². The van der Waals surface area contributed by atoms with E-state index in [2.05, 4.69) is 26.0 Å². The molecule has 0 atom stereocenters. The zero-order valence-electron chi connectivity index (χ0n) is 10.0. The molecule has 16 heavy (non-hydrogen) atoms. The molecule has 1 aromatic rings. The van der Waals surface area contributed by atoms with E-state index in [1.165, 1.54) is 5.56 Å². The lowest BCUT2D eigenvalue weighted by Gasteiger charge is -2.41. The van der Waals surface area contributed by atoms with Crippen molar-refractivity contribution < 1.29 is 4.74 Å². The highest BCUT2D eigenvalue weighted by molar-refractivity contribution is 6.31. The predicted molar refractivity (Wildman–Crippen MR) is 68.0 cm³/mol. The SMILES string of the molecule is CC(C)C1(c2ccccc2Cl)CCOCC1. The summed E-state index contributed by atoms with van der Waals surface area (Å²) in [6, 6.07) is 8.25. The molecule has 1 aliphatic heterocycles. The summed E-state index contributed by atoms with van der Waals surface area (Å²) in [5, 5.41) is 0.901. The van der Waals surface area contributed by atoms with Gasteiger partial charge in [0.25, 0.3) is 0 Å². The average molecular weight is 239 g/mol. The van der Waals surface area contributed by atoms with Gasteiger partial charge < -0.3 is 4.74 Å². The summed E-state index contributed by atoms with van der Waals surface area (Å²) in [6.45, 7) is 6.27. The van der Waals surface area contributed by atoms with Crippen molar-refractivity contribution in [2.45, 2.75) is 32.1 Å². The Bertz CT molecular complexity index is 354. The topological polar surface area (TPSA) is 9.23 Å². The molecule has 0 saturated carbocycles. The monoisotopic (exact) mass is 238 g/mol. The van der Waals surface area contributed by atoms with Gasteiger partial charge in [0.1, 0.15) is 0 Å². The van der Waals surface area contributed by atoms with Gasteiger partial charge in [-0.05, 0) is 30.4 Å². The van der Waals surface area contributed by atoms with E-state index in [1.807, 2.05) is 12.1 Å². The summed E-state index contributed by atoms with van der Waals surface area (Å²) in [5.41, 5.74) is 1.51. The van der Waals surface area contributed by atoms with Crippen LogP contribution in [0.2, 0.25) is 5.02 Å². The lowest BCUT2D eigenvalue weighted by molar-refractivity contribution is 0.0322. The van der Waals surface area contributed by atoms with Crippen LogP contribution >= 0.6 is 11.6 Å². The molecular weight excluding hydrogens is 220 g/mol. The molecule has 2 rings (SSSR count). The molecule has 0 aromatic heterocycles. The number of benzene rings is 1. The van der Waals surface area contributed by atoms with Crippen molar-refractivity contribution in [1.29, 1.82) is 0 Å². The van der Waals surface area contributed by atoms with Crippen LogP contribution in [0.1, 0.15) is 32.3 Å². The van der Waals surface area contributed by atoms with Crippen molar-refractivity contribution in [2.24, 2.45) is 5.92 Å². The van der Waals surface area contributed by atoms with Gasteiger partial charge in [-0.25, -0.2) is 0 Å². The van der Waals surface area contributed by atoms with Gasteiger partial charge in [0.2, 0.25) is 0 Å². The molecule has 0 amide bonds. The highest BCUT2D eigenvalue weighted by Gasteiger charge is 2.38. The summed E-state index contributed by atoms with van der Waals surface area (Å²) in [6.07, 6.45) is 2.16. The van der Waals surface area contributed by atoms with Crippen LogP contribution in [0, 0.1) is 5.92 Å². The Balaban J connectivity index is 2.43. The fraction of sp³-hybridized carbons (Fsp3) is 0.571. The molecule has 2 heteroatoms. The number of hydrogen-bond acceptors (Lipinski definition) is 1. The van der Waals surface area contributed by atoms with Gasteiger partial charge >= 0.3 is 0 Å². The minimum atomic E-state index is 0.205. The maximum Gasteiger partial charge on any atom is 0.0474 e. The molecule has 0 aliphatic carbocycles. The van der Waals surface area contributed by atoms with Crippen molar-refractivity contribution in [2.75, 3.05) is 13.2 Å². The zero-order valence-corrected chi connectivity index (χ0v) is 10.8. The molecule has 1 saturated heterocycles. The minimum Gasteiger partial charge on any atom is -0.381 e. The smallest absolute Gasteiger partial charge is 0.0474 e. The van der Waals surface area contributed by atoms with E-state index in [1.54, 1.807) is 0 Å². The van der Waals surface area contributed by atoms with Gasteiger partial charge in [0.15, 0.2) is 0 Å². The highest BCUT2D eigenvalue weighted by Crippen LogP contribution is 2.43. The van der Waals surface area contributed by atoms with Crippen LogP contribution in [-0.4, -0.2) is 13.2 Å².